The van der Waals surface area contributed by atoms with Crippen molar-refractivity contribution in [2.75, 3.05) is 32.8 Å². The third-order valence-corrected chi connectivity index (χ3v) is 3.84. The summed E-state index contributed by atoms with van der Waals surface area (Å²) in [5, 5.41) is 0. The summed E-state index contributed by atoms with van der Waals surface area (Å²) in [6.07, 6.45) is 4.25. The minimum Gasteiger partial charge on any atom is -0.466 e. The van der Waals surface area contributed by atoms with Gasteiger partial charge in [0.15, 0.2) is 5.79 Å². The van der Waals surface area contributed by atoms with E-state index in [1.807, 2.05) is 6.92 Å². The first-order valence-electron chi connectivity index (χ1n) is 7.42. The Morgan fingerprint density at radius 2 is 2.11 bits per heavy atom. The van der Waals surface area contributed by atoms with E-state index in [9.17, 15) is 4.79 Å². The molecule has 0 spiro atoms. The van der Waals surface area contributed by atoms with Crippen LogP contribution in [0, 0.1) is 0 Å². The first kappa shape index (κ1) is 14.8. The molecule has 110 valence electrons. The number of ether oxygens (including phenoxy) is 3. The van der Waals surface area contributed by atoms with Gasteiger partial charge in [-0.15, -0.1) is 0 Å². The van der Waals surface area contributed by atoms with Gasteiger partial charge in [-0.2, -0.15) is 0 Å². The van der Waals surface area contributed by atoms with Gasteiger partial charge in [0.1, 0.15) is 12.6 Å². The highest BCUT2D eigenvalue weighted by atomic mass is 16.7. The van der Waals surface area contributed by atoms with Crippen molar-refractivity contribution in [3.8, 4) is 0 Å². The van der Waals surface area contributed by atoms with E-state index >= 15 is 0 Å². The molecule has 2 rings (SSSR count). The number of piperidine rings is 1. The highest BCUT2D eigenvalue weighted by Crippen LogP contribution is 2.26. The van der Waals surface area contributed by atoms with Gasteiger partial charge in [-0.05, 0) is 33.1 Å². The molecule has 0 aromatic rings. The van der Waals surface area contributed by atoms with Crippen molar-refractivity contribution in [1.82, 2.24) is 0 Å². The second-order valence-corrected chi connectivity index (χ2v) is 5.68. The molecule has 0 bridgehead atoms. The zero-order valence-electron chi connectivity index (χ0n) is 12.1. The van der Waals surface area contributed by atoms with Crippen molar-refractivity contribution in [2.24, 2.45) is 0 Å². The first-order chi connectivity index (χ1) is 9.11. The summed E-state index contributed by atoms with van der Waals surface area (Å²) in [5.74, 6) is -1.05. The number of rotatable bonds is 5. The van der Waals surface area contributed by atoms with E-state index in [0.717, 1.165) is 6.54 Å². The highest BCUT2D eigenvalue weighted by molar-refractivity contribution is 5.70. The lowest BCUT2D eigenvalue weighted by atomic mass is 10.1. The summed E-state index contributed by atoms with van der Waals surface area (Å²) < 4.78 is 16.6. The van der Waals surface area contributed by atoms with Crippen LogP contribution in [-0.2, 0) is 19.0 Å². The highest BCUT2D eigenvalue weighted by Gasteiger charge is 2.41. The number of esters is 1. The van der Waals surface area contributed by atoms with Crippen LogP contribution < -0.4 is 4.90 Å². The van der Waals surface area contributed by atoms with Crippen LogP contribution in [-0.4, -0.2) is 50.7 Å². The average molecular weight is 272 g/mol. The van der Waals surface area contributed by atoms with Gasteiger partial charge in [0.05, 0.1) is 32.7 Å². The van der Waals surface area contributed by atoms with Crippen molar-refractivity contribution in [3.05, 3.63) is 0 Å². The van der Waals surface area contributed by atoms with Crippen LogP contribution in [0.3, 0.4) is 0 Å². The van der Waals surface area contributed by atoms with Crippen LogP contribution >= 0.6 is 0 Å². The van der Waals surface area contributed by atoms with Gasteiger partial charge in [0, 0.05) is 0 Å². The third kappa shape index (κ3) is 4.44. The van der Waals surface area contributed by atoms with Gasteiger partial charge in [-0.25, -0.2) is 0 Å². The number of carbonyl (C=O) groups is 1. The fraction of sp³-hybridized carbons (Fsp3) is 0.929. The Bertz CT molecular complexity index is 304. The molecular weight excluding hydrogens is 246 g/mol. The summed E-state index contributed by atoms with van der Waals surface area (Å²) in [6, 6.07) is 0. The molecule has 5 nitrogen and oxygen atoms in total. The Labute approximate surface area is 115 Å². The van der Waals surface area contributed by atoms with Gasteiger partial charge >= 0.3 is 5.97 Å². The normalized spacial score (nSPS) is 32.4. The standard InChI is InChI=1S/C14H25NO4/c1-3-17-13(16)9-14(2)18-11-12(19-14)10-15-7-5-4-6-8-15/h12H,3-11H2,1-2H3/p+1/t12-,14-/m1/s1. The Morgan fingerprint density at radius 3 is 2.79 bits per heavy atom. The number of quaternary nitrogens is 1. The monoisotopic (exact) mass is 272 g/mol. The van der Waals surface area contributed by atoms with Gasteiger partial charge in [0.2, 0.25) is 0 Å². The predicted molar refractivity (Wildman–Crippen MR) is 69.9 cm³/mol. The lowest BCUT2D eigenvalue weighted by Gasteiger charge is -2.26. The number of hydrogen-bond acceptors (Lipinski definition) is 4. The van der Waals surface area contributed by atoms with E-state index in [1.54, 1.807) is 11.8 Å². The van der Waals surface area contributed by atoms with E-state index < -0.39 is 5.79 Å². The number of hydrogen-bond donors (Lipinski definition) is 1. The summed E-state index contributed by atoms with van der Waals surface area (Å²) in [4.78, 5) is 13.1. The minimum atomic E-state index is -0.799. The molecule has 0 aromatic carbocycles. The molecule has 0 aromatic heterocycles. The predicted octanol–water partition coefficient (Wildman–Crippen LogP) is 0.140. The molecule has 19 heavy (non-hydrogen) atoms. The Morgan fingerprint density at radius 1 is 1.37 bits per heavy atom. The maximum absolute atomic E-state index is 11.5. The SMILES string of the molecule is CCOC(=O)C[C@]1(C)OC[C@@H](C[NH+]2CCCCC2)O1. The second-order valence-electron chi connectivity index (χ2n) is 5.68. The molecule has 2 atom stereocenters. The Hall–Kier alpha value is -0.650. The smallest absolute Gasteiger partial charge is 0.311 e. The van der Waals surface area contributed by atoms with Gasteiger partial charge in [0.25, 0.3) is 0 Å². The summed E-state index contributed by atoms with van der Waals surface area (Å²) in [6.45, 7) is 8.06. The van der Waals surface area contributed by atoms with Gasteiger partial charge in [-0.3, -0.25) is 4.79 Å². The molecule has 0 amide bonds. The summed E-state index contributed by atoms with van der Waals surface area (Å²) in [7, 11) is 0. The maximum Gasteiger partial charge on any atom is 0.311 e. The minimum absolute atomic E-state index is 0.104. The second kappa shape index (κ2) is 6.68. The molecule has 2 heterocycles. The largest absolute Gasteiger partial charge is 0.466 e. The molecule has 1 N–H and O–H groups in total. The van der Waals surface area contributed by atoms with Crippen LogP contribution in [0.25, 0.3) is 0 Å². The quantitative estimate of drug-likeness (QED) is 0.723. The van der Waals surface area contributed by atoms with Crippen LogP contribution in [0.4, 0.5) is 0 Å². The summed E-state index contributed by atoms with van der Waals surface area (Å²) in [5.41, 5.74) is 0. The van der Waals surface area contributed by atoms with Crippen LogP contribution in [0.15, 0.2) is 0 Å². The lowest BCUT2D eigenvalue weighted by Crippen LogP contribution is -3.13. The molecule has 0 radical (unpaired) electrons. The summed E-state index contributed by atoms with van der Waals surface area (Å²) >= 11 is 0. The maximum atomic E-state index is 11.5. The van der Waals surface area contributed by atoms with Gasteiger partial charge < -0.3 is 19.1 Å². The molecule has 5 heteroatoms. The lowest BCUT2D eigenvalue weighted by molar-refractivity contribution is -0.907. The number of nitrogens with one attached hydrogen (secondary N) is 1. The molecule has 2 aliphatic rings. The van der Waals surface area contributed by atoms with E-state index in [-0.39, 0.29) is 18.5 Å². The van der Waals surface area contributed by atoms with Crippen molar-refractivity contribution < 1.29 is 23.9 Å². The van der Waals surface area contributed by atoms with Crippen LogP contribution in [0.1, 0.15) is 39.5 Å². The van der Waals surface area contributed by atoms with E-state index in [1.165, 1.54) is 32.4 Å². The number of carbonyl (C=O) groups excluding carboxylic acids is 1. The molecular formula is C14H26NO4+. The van der Waals surface area contributed by atoms with Crippen molar-refractivity contribution in [2.45, 2.75) is 51.4 Å². The zero-order valence-corrected chi connectivity index (χ0v) is 12.1. The molecule has 0 unspecified atom stereocenters. The fourth-order valence-electron chi connectivity index (χ4n) is 2.94. The third-order valence-electron chi connectivity index (χ3n) is 3.84. The van der Waals surface area contributed by atoms with E-state index in [0.29, 0.717) is 13.2 Å². The topological polar surface area (TPSA) is 49.2 Å². The fourth-order valence-corrected chi connectivity index (χ4v) is 2.94. The van der Waals surface area contributed by atoms with Crippen LogP contribution in [0.5, 0.6) is 0 Å². The van der Waals surface area contributed by atoms with Crippen LogP contribution in [0.2, 0.25) is 0 Å². The molecule has 2 saturated heterocycles. The zero-order chi connectivity index (χ0) is 13.7. The average Bonchev–Trinajstić information content (AvgIpc) is 2.72. The van der Waals surface area contributed by atoms with E-state index in [4.69, 9.17) is 14.2 Å². The first-order valence-corrected chi connectivity index (χ1v) is 7.42. The Kier molecular flexibility index (Phi) is 5.19. The van der Waals surface area contributed by atoms with Crippen molar-refractivity contribution in [3.63, 3.8) is 0 Å². The Balaban J connectivity index is 1.76. The van der Waals surface area contributed by atoms with Gasteiger partial charge in [-0.1, -0.05) is 0 Å². The number of likely N-dealkylation sites (tertiary alicyclic amines) is 1. The van der Waals surface area contributed by atoms with E-state index in [2.05, 4.69) is 0 Å². The van der Waals surface area contributed by atoms with Crippen molar-refractivity contribution in [1.29, 1.82) is 0 Å². The molecule has 0 aliphatic carbocycles. The molecule has 2 aliphatic heterocycles. The molecule has 2 fully saturated rings. The van der Waals surface area contributed by atoms with Crippen molar-refractivity contribution >= 4 is 5.97 Å². The molecule has 0 saturated carbocycles.